The van der Waals surface area contributed by atoms with Crippen LogP contribution in [-0.2, 0) is 6.54 Å². The molecule has 0 fully saturated rings. The van der Waals surface area contributed by atoms with Crippen molar-refractivity contribution in [3.05, 3.63) is 52.5 Å². The minimum atomic E-state index is -0.407. The molecule has 0 saturated heterocycles. The van der Waals surface area contributed by atoms with Crippen LogP contribution in [0.3, 0.4) is 0 Å². The zero-order valence-corrected chi connectivity index (χ0v) is 12.5. The highest BCUT2D eigenvalue weighted by Crippen LogP contribution is 2.10. The summed E-state index contributed by atoms with van der Waals surface area (Å²) in [5.41, 5.74) is 0.210. The number of aromatic nitrogens is 5. The molecule has 1 amide bonds. The zero-order chi connectivity index (χ0) is 16.9. The lowest BCUT2D eigenvalue weighted by Gasteiger charge is -2.02. The molecule has 24 heavy (non-hydrogen) atoms. The molecule has 10 heteroatoms. The van der Waals surface area contributed by atoms with Crippen LogP contribution in [0.15, 0.2) is 40.0 Å². The molecule has 0 aliphatic carbocycles. The summed E-state index contributed by atoms with van der Waals surface area (Å²) < 4.78 is 9.83. The van der Waals surface area contributed by atoms with Crippen molar-refractivity contribution >= 4 is 5.91 Å². The van der Waals surface area contributed by atoms with Crippen LogP contribution in [-0.4, -0.2) is 38.1 Å². The molecule has 3 aromatic heterocycles. The third-order valence-corrected chi connectivity index (χ3v) is 3.00. The predicted molar refractivity (Wildman–Crippen MR) is 80.1 cm³/mol. The number of carbonyl (C=O) groups is 1. The van der Waals surface area contributed by atoms with E-state index in [4.69, 9.17) is 9.26 Å². The maximum Gasteiger partial charge on any atom is 0.316 e. The molecule has 10 nitrogen and oxygen atoms in total. The molecule has 3 aromatic rings. The molecule has 0 atom stereocenters. The van der Waals surface area contributed by atoms with Crippen molar-refractivity contribution in [2.24, 2.45) is 0 Å². The fourth-order valence-corrected chi connectivity index (χ4v) is 1.83. The van der Waals surface area contributed by atoms with Crippen LogP contribution in [0.25, 0.3) is 11.4 Å². The van der Waals surface area contributed by atoms with E-state index in [9.17, 15) is 9.59 Å². The second-order valence-corrected chi connectivity index (χ2v) is 4.57. The Hall–Kier alpha value is -3.56. The Morgan fingerprint density at radius 2 is 2.17 bits per heavy atom. The van der Waals surface area contributed by atoms with Crippen molar-refractivity contribution in [2.45, 2.75) is 6.54 Å². The molecule has 122 valence electrons. The number of pyridine rings is 1. The molecule has 0 aliphatic rings. The first-order chi connectivity index (χ1) is 11.7. The normalized spacial score (nSPS) is 10.4. The van der Waals surface area contributed by atoms with Gasteiger partial charge in [-0.25, -0.2) is 9.97 Å². The van der Waals surface area contributed by atoms with Gasteiger partial charge in [-0.2, -0.15) is 4.98 Å². The van der Waals surface area contributed by atoms with Crippen LogP contribution < -0.4 is 15.6 Å². The number of nitrogens with one attached hydrogen (secondary N) is 2. The molecule has 3 rings (SSSR count). The summed E-state index contributed by atoms with van der Waals surface area (Å²) in [5, 5.41) is 6.31. The molecule has 0 saturated carbocycles. The molecule has 0 aliphatic heterocycles. The Bertz CT molecular complexity index is 902. The Kier molecular flexibility index (Phi) is 4.27. The first kappa shape index (κ1) is 15.3. The average molecular weight is 328 g/mol. The summed E-state index contributed by atoms with van der Waals surface area (Å²) in [5.74, 6) is -0.0973. The SMILES string of the molecule is COc1ncc(C(=O)NCc2nc(-c3ccc[nH]c3=O)no2)cn1. The average Bonchev–Trinajstić information content (AvgIpc) is 3.09. The van der Waals surface area contributed by atoms with E-state index in [1.54, 1.807) is 12.1 Å². The molecule has 0 bridgehead atoms. The third-order valence-electron chi connectivity index (χ3n) is 3.00. The number of hydrogen-bond donors (Lipinski definition) is 2. The Labute approximate surface area is 134 Å². The summed E-state index contributed by atoms with van der Waals surface area (Å²) in [7, 11) is 1.43. The van der Waals surface area contributed by atoms with Crippen LogP contribution in [0.5, 0.6) is 6.01 Å². The van der Waals surface area contributed by atoms with Gasteiger partial charge in [0.2, 0.25) is 11.7 Å². The number of ether oxygens (including phenoxy) is 1. The largest absolute Gasteiger partial charge is 0.467 e. The predicted octanol–water partition coefficient (Wildman–Crippen LogP) is 0.153. The summed E-state index contributed by atoms with van der Waals surface area (Å²) >= 11 is 0. The first-order valence-electron chi connectivity index (χ1n) is 6.82. The minimum Gasteiger partial charge on any atom is -0.467 e. The smallest absolute Gasteiger partial charge is 0.316 e. The highest BCUT2D eigenvalue weighted by atomic mass is 16.5. The van der Waals surface area contributed by atoms with Gasteiger partial charge in [0.25, 0.3) is 11.5 Å². The van der Waals surface area contributed by atoms with Crippen molar-refractivity contribution in [1.82, 2.24) is 30.4 Å². The summed E-state index contributed by atoms with van der Waals surface area (Å²) in [6.07, 6.45) is 4.18. The fraction of sp³-hybridized carbons (Fsp3) is 0.143. The fourth-order valence-electron chi connectivity index (χ4n) is 1.83. The van der Waals surface area contributed by atoms with Gasteiger partial charge in [0, 0.05) is 18.6 Å². The highest BCUT2D eigenvalue weighted by molar-refractivity contribution is 5.93. The van der Waals surface area contributed by atoms with Gasteiger partial charge in [-0.15, -0.1) is 0 Å². The number of methoxy groups -OCH3 is 1. The molecule has 0 aromatic carbocycles. The molecule has 3 heterocycles. The number of carbonyl (C=O) groups excluding carboxylic acids is 1. The number of hydrogen-bond acceptors (Lipinski definition) is 8. The monoisotopic (exact) mass is 328 g/mol. The van der Waals surface area contributed by atoms with Crippen LogP contribution in [0, 0.1) is 0 Å². The van der Waals surface area contributed by atoms with Crippen LogP contribution >= 0.6 is 0 Å². The molecule has 0 spiro atoms. The van der Waals surface area contributed by atoms with Gasteiger partial charge in [0.15, 0.2) is 0 Å². The lowest BCUT2D eigenvalue weighted by atomic mass is 10.3. The summed E-state index contributed by atoms with van der Waals surface area (Å²) in [6.45, 7) is 0.00258. The Morgan fingerprint density at radius 1 is 1.38 bits per heavy atom. The molecule has 0 unspecified atom stereocenters. The third kappa shape index (κ3) is 3.27. The van der Waals surface area contributed by atoms with Crippen molar-refractivity contribution in [3.8, 4) is 17.4 Å². The number of rotatable bonds is 5. The van der Waals surface area contributed by atoms with E-state index >= 15 is 0 Å². The van der Waals surface area contributed by atoms with E-state index in [-0.39, 0.29) is 41.0 Å². The van der Waals surface area contributed by atoms with E-state index in [0.29, 0.717) is 0 Å². The van der Waals surface area contributed by atoms with Gasteiger partial charge in [-0.05, 0) is 12.1 Å². The number of H-pyrrole nitrogens is 1. The first-order valence-corrected chi connectivity index (χ1v) is 6.82. The number of aromatic amines is 1. The van der Waals surface area contributed by atoms with E-state index in [1.165, 1.54) is 25.7 Å². The van der Waals surface area contributed by atoms with Gasteiger partial charge in [-0.3, -0.25) is 9.59 Å². The quantitative estimate of drug-likeness (QED) is 0.675. The summed E-state index contributed by atoms with van der Waals surface area (Å²) in [6, 6.07) is 3.39. The number of nitrogens with zero attached hydrogens (tertiary/aromatic N) is 4. The number of amides is 1. The Balaban J connectivity index is 1.66. The molecule has 0 radical (unpaired) electrons. The molecular weight excluding hydrogens is 316 g/mol. The second kappa shape index (κ2) is 6.69. The van der Waals surface area contributed by atoms with Gasteiger partial charge >= 0.3 is 6.01 Å². The van der Waals surface area contributed by atoms with Crippen molar-refractivity contribution in [2.75, 3.05) is 7.11 Å². The topological polar surface area (TPSA) is 136 Å². The van der Waals surface area contributed by atoms with E-state index in [0.717, 1.165) is 0 Å². The summed E-state index contributed by atoms with van der Waals surface area (Å²) in [4.78, 5) is 37.9. The standard InChI is InChI=1S/C14H12N6O4/c1-23-14-17-5-8(6-18-14)12(21)16-7-10-19-11(20-24-10)9-3-2-4-15-13(9)22/h2-6H,7H2,1H3,(H,15,22)(H,16,21). The molecule has 2 N–H and O–H groups in total. The lowest BCUT2D eigenvalue weighted by molar-refractivity contribution is 0.0945. The van der Waals surface area contributed by atoms with Crippen molar-refractivity contribution < 1.29 is 14.1 Å². The molecular formula is C14H12N6O4. The van der Waals surface area contributed by atoms with E-state index in [1.807, 2.05) is 0 Å². The van der Waals surface area contributed by atoms with Gasteiger partial charge < -0.3 is 19.6 Å². The van der Waals surface area contributed by atoms with Gasteiger partial charge in [0.1, 0.15) is 0 Å². The van der Waals surface area contributed by atoms with Crippen molar-refractivity contribution in [1.29, 1.82) is 0 Å². The van der Waals surface area contributed by atoms with Crippen LogP contribution in [0.4, 0.5) is 0 Å². The van der Waals surface area contributed by atoms with E-state index in [2.05, 4.69) is 30.4 Å². The van der Waals surface area contributed by atoms with Gasteiger partial charge in [0.05, 0.1) is 24.8 Å². The Morgan fingerprint density at radius 3 is 2.88 bits per heavy atom. The maximum atomic E-state index is 12.0. The van der Waals surface area contributed by atoms with Crippen LogP contribution in [0.1, 0.15) is 16.2 Å². The van der Waals surface area contributed by atoms with Crippen LogP contribution in [0.2, 0.25) is 0 Å². The maximum absolute atomic E-state index is 12.0. The van der Waals surface area contributed by atoms with Crippen molar-refractivity contribution in [3.63, 3.8) is 0 Å². The van der Waals surface area contributed by atoms with E-state index < -0.39 is 5.91 Å². The zero-order valence-electron chi connectivity index (χ0n) is 12.5. The second-order valence-electron chi connectivity index (χ2n) is 4.57. The lowest BCUT2D eigenvalue weighted by Crippen LogP contribution is -2.23. The highest BCUT2D eigenvalue weighted by Gasteiger charge is 2.13. The minimum absolute atomic E-state index is 0.00258. The van der Waals surface area contributed by atoms with Gasteiger partial charge in [-0.1, -0.05) is 5.16 Å².